The van der Waals surface area contributed by atoms with Gasteiger partial charge in [0.2, 0.25) is 0 Å². The van der Waals surface area contributed by atoms with E-state index < -0.39 is 0 Å². The molecule has 1 fully saturated rings. The highest BCUT2D eigenvalue weighted by Crippen LogP contribution is 2.19. The molecule has 1 heterocycles. The summed E-state index contributed by atoms with van der Waals surface area (Å²) in [5.41, 5.74) is 1.38. The lowest BCUT2D eigenvalue weighted by Gasteiger charge is -2.02. The van der Waals surface area contributed by atoms with Crippen LogP contribution in [0.5, 0.6) is 0 Å². The van der Waals surface area contributed by atoms with Crippen molar-refractivity contribution >= 4 is 0 Å². The highest BCUT2D eigenvalue weighted by Gasteiger charge is 2.19. The summed E-state index contributed by atoms with van der Waals surface area (Å²) in [6.45, 7) is 4.06. The second-order valence-corrected chi connectivity index (χ2v) is 5.01. The van der Waals surface area contributed by atoms with E-state index >= 15 is 0 Å². The Balaban J connectivity index is 1.66. The summed E-state index contributed by atoms with van der Waals surface area (Å²) in [6, 6.07) is 3.04. The topological polar surface area (TPSA) is 37.2 Å². The SMILES string of the molecule is CNCc1cc(CCCCNC2CC2)c(C)o1. The summed E-state index contributed by atoms with van der Waals surface area (Å²) < 4.78 is 5.68. The van der Waals surface area contributed by atoms with Crippen molar-refractivity contribution in [2.45, 2.75) is 51.6 Å². The van der Waals surface area contributed by atoms with Gasteiger partial charge in [-0.15, -0.1) is 0 Å². The molecule has 2 N–H and O–H groups in total. The summed E-state index contributed by atoms with van der Waals surface area (Å²) in [4.78, 5) is 0. The zero-order valence-electron chi connectivity index (χ0n) is 11.0. The van der Waals surface area contributed by atoms with Crippen molar-refractivity contribution in [2.75, 3.05) is 13.6 Å². The van der Waals surface area contributed by atoms with Crippen LogP contribution in [-0.2, 0) is 13.0 Å². The Hall–Kier alpha value is -0.800. The van der Waals surface area contributed by atoms with Crippen molar-refractivity contribution in [1.82, 2.24) is 10.6 Å². The van der Waals surface area contributed by atoms with Gasteiger partial charge in [-0.2, -0.15) is 0 Å². The Morgan fingerprint density at radius 1 is 1.35 bits per heavy atom. The lowest BCUT2D eigenvalue weighted by Crippen LogP contribution is -2.17. The number of furan rings is 1. The summed E-state index contributed by atoms with van der Waals surface area (Å²) in [7, 11) is 1.95. The Morgan fingerprint density at radius 3 is 2.88 bits per heavy atom. The molecule has 96 valence electrons. The van der Waals surface area contributed by atoms with Gasteiger partial charge in [-0.3, -0.25) is 0 Å². The van der Waals surface area contributed by atoms with Crippen molar-refractivity contribution in [3.63, 3.8) is 0 Å². The molecule has 1 aliphatic rings. The predicted molar refractivity (Wildman–Crippen MR) is 70.2 cm³/mol. The van der Waals surface area contributed by atoms with Gasteiger partial charge in [-0.25, -0.2) is 0 Å². The maximum Gasteiger partial charge on any atom is 0.118 e. The van der Waals surface area contributed by atoms with E-state index in [9.17, 15) is 0 Å². The van der Waals surface area contributed by atoms with E-state index in [4.69, 9.17) is 4.42 Å². The Morgan fingerprint density at radius 2 is 2.18 bits per heavy atom. The molecule has 17 heavy (non-hydrogen) atoms. The van der Waals surface area contributed by atoms with Gasteiger partial charge < -0.3 is 15.1 Å². The van der Waals surface area contributed by atoms with Gasteiger partial charge >= 0.3 is 0 Å². The standard InChI is InChI=1S/C14H24N2O/c1-11-12(9-14(17-11)10-15-2)5-3-4-8-16-13-6-7-13/h9,13,15-16H,3-8,10H2,1-2H3. The number of nitrogens with one attached hydrogen (secondary N) is 2. The molecule has 1 aromatic rings. The molecule has 1 aliphatic carbocycles. The van der Waals surface area contributed by atoms with E-state index in [0.717, 1.165) is 30.5 Å². The molecule has 0 unspecified atom stereocenters. The molecule has 1 saturated carbocycles. The zero-order valence-corrected chi connectivity index (χ0v) is 11.0. The van der Waals surface area contributed by atoms with E-state index in [1.54, 1.807) is 0 Å². The van der Waals surface area contributed by atoms with Gasteiger partial charge in [-0.1, -0.05) is 0 Å². The van der Waals surface area contributed by atoms with Crippen molar-refractivity contribution < 1.29 is 4.42 Å². The average molecular weight is 236 g/mol. The van der Waals surface area contributed by atoms with Crippen LogP contribution in [-0.4, -0.2) is 19.6 Å². The lowest BCUT2D eigenvalue weighted by molar-refractivity contribution is 0.468. The Labute approximate surface area is 104 Å². The minimum absolute atomic E-state index is 0.823. The molecule has 3 heteroatoms. The Kier molecular flexibility index (Phi) is 4.63. The van der Waals surface area contributed by atoms with Crippen LogP contribution >= 0.6 is 0 Å². The molecule has 0 aromatic carbocycles. The van der Waals surface area contributed by atoms with Crippen LogP contribution in [0, 0.1) is 6.92 Å². The van der Waals surface area contributed by atoms with E-state index in [1.807, 2.05) is 7.05 Å². The third-order valence-electron chi connectivity index (χ3n) is 3.31. The highest BCUT2D eigenvalue weighted by molar-refractivity contribution is 5.20. The normalized spacial score (nSPS) is 15.4. The van der Waals surface area contributed by atoms with Gasteiger partial charge in [0.05, 0.1) is 6.54 Å². The molecule has 0 bridgehead atoms. The van der Waals surface area contributed by atoms with Crippen LogP contribution in [0.2, 0.25) is 0 Å². The minimum Gasteiger partial charge on any atom is -0.465 e. The largest absolute Gasteiger partial charge is 0.465 e. The molecule has 0 aliphatic heterocycles. The lowest BCUT2D eigenvalue weighted by atomic mass is 10.1. The number of aryl methyl sites for hydroxylation is 2. The molecular weight excluding hydrogens is 212 g/mol. The van der Waals surface area contributed by atoms with Gasteiger partial charge in [-0.05, 0) is 64.3 Å². The number of unbranched alkanes of at least 4 members (excludes halogenated alkanes) is 1. The first-order chi connectivity index (χ1) is 8.29. The molecule has 0 atom stereocenters. The fourth-order valence-electron chi connectivity index (χ4n) is 2.13. The van der Waals surface area contributed by atoms with Crippen LogP contribution in [0.3, 0.4) is 0 Å². The second kappa shape index (κ2) is 6.22. The first-order valence-corrected chi connectivity index (χ1v) is 6.75. The maximum absolute atomic E-state index is 5.68. The predicted octanol–water partition coefficient (Wildman–Crippen LogP) is 2.38. The molecule has 1 aromatic heterocycles. The van der Waals surface area contributed by atoms with Crippen LogP contribution < -0.4 is 10.6 Å². The minimum atomic E-state index is 0.823. The zero-order chi connectivity index (χ0) is 12.1. The molecule has 0 spiro atoms. The summed E-state index contributed by atoms with van der Waals surface area (Å²) in [6.07, 6.45) is 6.43. The molecule has 2 rings (SSSR count). The molecule has 0 radical (unpaired) electrons. The molecule has 0 saturated heterocycles. The van der Waals surface area contributed by atoms with Crippen molar-refractivity contribution in [2.24, 2.45) is 0 Å². The van der Waals surface area contributed by atoms with Crippen molar-refractivity contribution in [1.29, 1.82) is 0 Å². The third kappa shape index (κ3) is 4.17. The molecular formula is C14H24N2O. The quantitative estimate of drug-likeness (QED) is 0.681. The van der Waals surface area contributed by atoms with Gasteiger partial charge in [0.1, 0.15) is 11.5 Å². The van der Waals surface area contributed by atoms with E-state index in [0.29, 0.717) is 0 Å². The monoisotopic (exact) mass is 236 g/mol. The van der Waals surface area contributed by atoms with Crippen molar-refractivity contribution in [3.05, 3.63) is 23.2 Å². The second-order valence-electron chi connectivity index (χ2n) is 5.01. The first kappa shape index (κ1) is 12.7. The summed E-state index contributed by atoms with van der Waals surface area (Å²) >= 11 is 0. The number of hydrogen-bond donors (Lipinski definition) is 2. The molecule has 3 nitrogen and oxygen atoms in total. The van der Waals surface area contributed by atoms with Crippen LogP contribution in [0.15, 0.2) is 10.5 Å². The Bertz CT molecular complexity index is 342. The van der Waals surface area contributed by atoms with Crippen LogP contribution in [0.1, 0.15) is 42.8 Å². The van der Waals surface area contributed by atoms with Crippen LogP contribution in [0.25, 0.3) is 0 Å². The first-order valence-electron chi connectivity index (χ1n) is 6.75. The fraction of sp³-hybridized carbons (Fsp3) is 0.714. The van der Waals surface area contributed by atoms with E-state index in [-0.39, 0.29) is 0 Å². The summed E-state index contributed by atoms with van der Waals surface area (Å²) in [5, 5.41) is 6.67. The van der Waals surface area contributed by atoms with Gasteiger partial charge in [0.25, 0.3) is 0 Å². The third-order valence-corrected chi connectivity index (χ3v) is 3.31. The maximum atomic E-state index is 5.68. The van der Waals surface area contributed by atoms with E-state index in [2.05, 4.69) is 23.6 Å². The summed E-state index contributed by atoms with van der Waals surface area (Å²) in [5.74, 6) is 2.14. The fourth-order valence-corrected chi connectivity index (χ4v) is 2.13. The number of hydrogen-bond acceptors (Lipinski definition) is 3. The van der Waals surface area contributed by atoms with Gasteiger partial charge in [0.15, 0.2) is 0 Å². The van der Waals surface area contributed by atoms with Gasteiger partial charge in [0, 0.05) is 6.04 Å². The smallest absolute Gasteiger partial charge is 0.118 e. The highest BCUT2D eigenvalue weighted by atomic mass is 16.3. The average Bonchev–Trinajstić information content (AvgIpc) is 3.05. The van der Waals surface area contributed by atoms with E-state index in [1.165, 1.54) is 37.8 Å². The number of rotatable bonds is 8. The molecule has 0 amide bonds. The van der Waals surface area contributed by atoms with Crippen molar-refractivity contribution in [3.8, 4) is 0 Å². The van der Waals surface area contributed by atoms with Crippen LogP contribution in [0.4, 0.5) is 0 Å².